The van der Waals surface area contributed by atoms with Crippen LogP contribution in [0.3, 0.4) is 0 Å². The minimum atomic E-state index is 0. The summed E-state index contributed by atoms with van der Waals surface area (Å²) in [6.45, 7) is 1.15. The zero-order chi connectivity index (χ0) is 10.8. The van der Waals surface area contributed by atoms with Crippen molar-refractivity contribution in [3.05, 3.63) is 60.2 Å². The topological polar surface area (TPSA) is 12.0 Å². The summed E-state index contributed by atoms with van der Waals surface area (Å²) in [6, 6.07) is 20.0. The molecule has 0 spiro atoms. The van der Waals surface area contributed by atoms with Gasteiger partial charge in [0, 0.05) is 6.04 Å². The van der Waals surface area contributed by atoms with Crippen LogP contribution in [-0.4, -0.2) is 6.54 Å². The minimum Gasteiger partial charge on any atom is -0.310 e. The van der Waals surface area contributed by atoms with E-state index in [4.69, 9.17) is 0 Å². The van der Waals surface area contributed by atoms with Crippen LogP contribution in [0.15, 0.2) is 54.6 Å². The molecule has 1 heterocycles. The Balaban J connectivity index is 0.00000108. The molecule has 1 atom stereocenters. The number of nitrogens with one attached hydrogen (secondary N) is 1. The summed E-state index contributed by atoms with van der Waals surface area (Å²) < 4.78 is 0. The molecule has 2 aromatic carbocycles. The Morgan fingerprint density at radius 2 is 1.59 bits per heavy atom. The van der Waals surface area contributed by atoms with Gasteiger partial charge in [-0.2, -0.15) is 0 Å². The molecule has 3 rings (SSSR count). The lowest BCUT2D eigenvalue weighted by molar-refractivity contribution is 0.383. The number of benzene rings is 2. The van der Waals surface area contributed by atoms with E-state index in [2.05, 4.69) is 59.9 Å². The number of hydrogen-bond donors (Lipinski definition) is 1. The highest BCUT2D eigenvalue weighted by atomic mass is 35.5. The van der Waals surface area contributed by atoms with Gasteiger partial charge in [-0.05, 0) is 35.7 Å². The molecule has 0 aliphatic carbocycles. The summed E-state index contributed by atoms with van der Waals surface area (Å²) in [7, 11) is 0. The molecule has 1 saturated heterocycles. The first-order valence-corrected chi connectivity index (χ1v) is 5.82. The summed E-state index contributed by atoms with van der Waals surface area (Å²) in [4.78, 5) is 0. The van der Waals surface area contributed by atoms with Gasteiger partial charge in [0.15, 0.2) is 0 Å². The molecule has 1 aliphatic heterocycles. The van der Waals surface area contributed by atoms with E-state index in [1.807, 2.05) is 0 Å². The summed E-state index contributed by atoms with van der Waals surface area (Å²) in [6.07, 6.45) is 1.26. The molecule has 2 aromatic rings. The Labute approximate surface area is 108 Å². The van der Waals surface area contributed by atoms with Crippen molar-refractivity contribution in [3.63, 3.8) is 0 Å². The third-order valence-electron chi connectivity index (χ3n) is 3.22. The van der Waals surface area contributed by atoms with E-state index < -0.39 is 0 Å². The van der Waals surface area contributed by atoms with Crippen LogP contribution in [0.1, 0.15) is 18.0 Å². The van der Waals surface area contributed by atoms with E-state index >= 15 is 0 Å². The van der Waals surface area contributed by atoms with Crippen LogP contribution in [0.4, 0.5) is 0 Å². The fraction of sp³-hybridized carbons (Fsp3) is 0.200. The van der Waals surface area contributed by atoms with Crippen molar-refractivity contribution in [1.82, 2.24) is 5.32 Å². The van der Waals surface area contributed by atoms with E-state index in [0.717, 1.165) is 6.54 Å². The number of rotatable bonds is 2. The van der Waals surface area contributed by atoms with Gasteiger partial charge in [-0.3, -0.25) is 0 Å². The maximum absolute atomic E-state index is 3.44. The second-order valence-electron chi connectivity index (χ2n) is 4.29. The second kappa shape index (κ2) is 5.35. The third-order valence-corrected chi connectivity index (χ3v) is 3.22. The van der Waals surface area contributed by atoms with Crippen molar-refractivity contribution in [2.45, 2.75) is 12.5 Å². The van der Waals surface area contributed by atoms with Gasteiger partial charge in [0.25, 0.3) is 0 Å². The molecule has 0 unspecified atom stereocenters. The lowest BCUT2D eigenvalue weighted by Gasteiger charge is -2.28. The molecular formula is C15H16ClN. The molecule has 1 N–H and O–H groups in total. The standard InChI is InChI=1S/C15H15N.ClH/c1-2-5-12(6-3-1)13-7-4-8-14(11-13)15-9-10-16-15;/h1-8,11,15-16H,9-10H2;1H/t15-;/m0./s1. The Hall–Kier alpha value is -1.31. The Morgan fingerprint density at radius 3 is 2.24 bits per heavy atom. The van der Waals surface area contributed by atoms with Crippen LogP contribution in [0, 0.1) is 0 Å². The van der Waals surface area contributed by atoms with Gasteiger partial charge >= 0.3 is 0 Å². The molecule has 1 aliphatic rings. The number of hydrogen-bond acceptors (Lipinski definition) is 1. The van der Waals surface area contributed by atoms with Gasteiger partial charge in [-0.1, -0.05) is 48.5 Å². The highest BCUT2D eigenvalue weighted by Crippen LogP contribution is 2.27. The molecule has 1 nitrogen and oxygen atoms in total. The minimum absolute atomic E-state index is 0. The SMILES string of the molecule is Cl.c1ccc(-c2cccc([C@@H]3CCN3)c2)cc1. The Kier molecular flexibility index (Phi) is 3.82. The highest BCUT2D eigenvalue weighted by molar-refractivity contribution is 5.85. The number of halogens is 1. The molecule has 88 valence electrons. The summed E-state index contributed by atoms with van der Waals surface area (Å²) in [5, 5.41) is 3.44. The van der Waals surface area contributed by atoms with Gasteiger partial charge < -0.3 is 5.32 Å². The van der Waals surface area contributed by atoms with Crippen LogP contribution in [0.25, 0.3) is 11.1 Å². The molecule has 0 saturated carbocycles. The molecule has 0 aromatic heterocycles. The van der Waals surface area contributed by atoms with Crippen molar-refractivity contribution in [3.8, 4) is 11.1 Å². The van der Waals surface area contributed by atoms with Crippen molar-refractivity contribution in [2.24, 2.45) is 0 Å². The molecule has 0 radical (unpaired) electrons. The van der Waals surface area contributed by atoms with E-state index in [-0.39, 0.29) is 12.4 Å². The van der Waals surface area contributed by atoms with Gasteiger partial charge in [0.05, 0.1) is 0 Å². The first-order valence-electron chi connectivity index (χ1n) is 5.82. The van der Waals surface area contributed by atoms with Crippen LogP contribution in [0.5, 0.6) is 0 Å². The summed E-state index contributed by atoms with van der Waals surface area (Å²) in [5.41, 5.74) is 4.02. The monoisotopic (exact) mass is 245 g/mol. The zero-order valence-corrected chi connectivity index (χ0v) is 10.4. The van der Waals surface area contributed by atoms with Crippen LogP contribution in [-0.2, 0) is 0 Å². The van der Waals surface area contributed by atoms with Crippen LogP contribution >= 0.6 is 12.4 Å². The van der Waals surface area contributed by atoms with Crippen LogP contribution in [0.2, 0.25) is 0 Å². The summed E-state index contributed by atoms with van der Waals surface area (Å²) >= 11 is 0. The largest absolute Gasteiger partial charge is 0.310 e. The predicted molar refractivity (Wildman–Crippen MR) is 74.5 cm³/mol. The molecular weight excluding hydrogens is 230 g/mol. The average Bonchev–Trinajstić information content (AvgIpc) is 2.28. The molecule has 0 bridgehead atoms. The van der Waals surface area contributed by atoms with Gasteiger partial charge in [0.2, 0.25) is 0 Å². The lowest BCUT2D eigenvalue weighted by atomic mass is 9.94. The molecule has 1 fully saturated rings. The first kappa shape index (κ1) is 12.2. The van der Waals surface area contributed by atoms with E-state index in [1.165, 1.54) is 23.1 Å². The fourth-order valence-corrected chi connectivity index (χ4v) is 2.14. The normalized spacial score (nSPS) is 18.0. The van der Waals surface area contributed by atoms with E-state index in [9.17, 15) is 0 Å². The maximum Gasteiger partial charge on any atom is 0.0332 e. The first-order chi connectivity index (χ1) is 7.93. The second-order valence-corrected chi connectivity index (χ2v) is 4.29. The zero-order valence-electron chi connectivity index (χ0n) is 9.60. The lowest BCUT2D eigenvalue weighted by Crippen LogP contribution is -2.34. The van der Waals surface area contributed by atoms with E-state index in [0.29, 0.717) is 6.04 Å². The molecule has 2 heteroatoms. The Morgan fingerprint density at radius 1 is 0.882 bits per heavy atom. The van der Waals surface area contributed by atoms with Crippen LogP contribution < -0.4 is 5.32 Å². The fourth-order valence-electron chi connectivity index (χ4n) is 2.14. The smallest absolute Gasteiger partial charge is 0.0332 e. The quantitative estimate of drug-likeness (QED) is 0.849. The summed E-state index contributed by atoms with van der Waals surface area (Å²) in [5.74, 6) is 0. The van der Waals surface area contributed by atoms with E-state index in [1.54, 1.807) is 0 Å². The van der Waals surface area contributed by atoms with Gasteiger partial charge in [-0.15, -0.1) is 12.4 Å². The Bertz CT molecular complexity index is 477. The van der Waals surface area contributed by atoms with Gasteiger partial charge in [-0.25, -0.2) is 0 Å². The van der Waals surface area contributed by atoms with Crippen molar-refractivity contribution < 1.29 is 0 Å². The van der Waals surface area contributed by atoms with Crippen molar-refractivity contribution in [1.29, 1.82) is 0 Å². The maximum atomic E-state index is 3.44. The van der Waals surface area contributed by atoms with Gasteiger partial charge in [0.1, 0.15) is 0 Å². The highest BCUT2D eigenvalue weighted by Gasteiger charge is 2.18. The molecule has 0 amide bonds. The predicted octanol–water partition coefficient (Wildman–Crippen LogP) is 3.81. The van der Waals surface area contributed by atoms with Crippen molar-refractivity contribution >= 4 is 12.4 Å². The van der Waals surface area contributed by atoms with Crippen molar-refractivity contribution in [2.75, 3.05) is 6.54 Å². The average molecular weight is 246 g/mol. The third kappa shape index (κ3) is 2.51. The molecule has 17 heavy (non-hydrogen) atoms.